The van der Waals surface area contributed by atoms with Crippen LogP contribution in [0.1, 0.15) is 22.7 Å². The maximum Gasteiger partial charge on any atom is 0.161 e. The molecule has 1 heterocycles. The van der Waals surface area contributed by atoms with E-state index in [0.717, 1.165) is 24.5 Å². The minimum atomic E-state index is 0.347. The smallest absolute Gasteiger partial charge is 0.161 e. The molecule has 0 aromatic heterocycles. The molecule has 0 amide bonds. The molecule has 20 heavy (non-hydrogen) atoms. The van der Waals surface area contributed by atoms with Crippen LogP contribution in [0.3, 0.4) is 0 Å². The minimum absolute atomic E-state index is 0.347. The summed E-state index contributed by atoms with van der Waals surface area (Å²) in [5.74, 6) is 1.63. The van der Waals surface area contributed by atoms with Gasteiger partial charge in [0.1, 0.15) is 6.04 Å². The lowest BCUT2D eigenvalue weighted by Gasteiger charge is -2.25. The first-order valence-corrected chi connectivity index (χ1v) is 6.96. The third-order valence-electron chi connectivity index (χ3n) is 3.96. The molecule has 1 unspecified atom stereocenters. The first-order valence-electron chi connectivity index (χ1n) is 6.96. The summed E-state index contributed by atoms with van der Waals surface area (Å²) in [4.78, 5) is 0. The second-order valence-corrected chi connectivity index (χ2v) is 5.07. The molecule has 1 aliphatic rings. The number of benzene rings is 2. The molecule has 1 aliphatic heterocycles. The average Bonchev–Trinajstić information content (AvgIpc) is 2.53. The standard InChI is InChI=1S/C17H19NO2/c1-19-15-10-13-8-9-18-17(12-6-4-3-5-7-12)14(13)11-16(15)20-2/h3-7,10-11,17-18H,8-9H2,1-2H3/p+1. The molecule has 104 valence electrons. The van der Waals surface area contributed by atoms with Crippen molar-refractivity contribution >= 4 is 0 Å². The molecule has 0 radical (unpaired) electrons. The molecule has 0 spiro atoms. The summed E-state index contributed by atoms with van der Waals surface area (Å²) in [6.45, 7) is 1.10. The third-order valence-corrected chi connectivity index (χ3v) is 3.96. The molecule has 3 rings (SSSR count). The largest absolute Gasteiger partial charge is 0.493 e. The van der Waals surface area contributed by atoms with Crippen molar-refractivity contribution in [2.24, 2.45) is 0 Å². The highest BCUT2D eigenvalue weighted by molar-refractivity contribution is 5.50. The predicted molar refractivity (Wildman–Crippen MR) is 78.3 cm³/mol. The van der Waals surface area contributed by atoms with Gasteiger partial charge in [-0.2, -0.15) is 0 Å². The number of hydrogen-bond acceptors (Lipinski definition) is 2. The van der Waals surface area contributed by atoms with Crippen LogP contribution in [0.4, 0.5) is 0 Å². The Hall–Kier alpha value is -2.00. The lowest BCUT2D eigenvalue weighted by Crippen LogP contribution is -2.87. The maximum atomic E-state index is 5.45. The van der Waals surface area contributed by atoms with Crippen LogP contribution in [0.25, 0.3) is 0 Å². The molecule has 3 heteroatoms. The van der Waals surface area contributed by atoms with Gasteiger partial charge in [0.25, 0.3) is 0 Å². The molecular weight excluding hydrogens is 250 g/mol. The van der Waals surface area contributed by atoms with E-state index < -0.39 is 0 Å². The van der Waals surface area contributed by atoms with Crippen LogP contribution in [0.15, 0.2) is 42.5 Å². The number of nitrogens with two attached hydrogens (primary N) is 1. The fourth-order valence-corrected chi connectivity index (χ4v) is 2.95. The Morgan fingerprint density at radius 1 is 1.00 bits per heavy atom. The summed E-state index contributed by atoms with van der Waals surface area (Å²) in [5, 5.41) is 2.39. The van der Waals surface area contributed by atoms with Crippen molar-refractivity contribution in [3.8, 4) is 11.5 Å². The lowest BCUT2D eigenvalue weighted by atomic mass is 9.89. The van der Waals surface area contributed by atoms with E-state index in [1.807, 2.05) is 0 Å². The van der Waals surface area contributed by atoms with E-state index in [1.165, 1.54) is 16.7 Å². The van der Waals surface area contributed by atoms with Gasteiger partial charge in [0, 0.05) is 17.5 Å². The second kappa shape index (κ2) is 5.55. The number of methoxy groups -OCH3 is 2. The zero-order valence-corrected chi connectivity index (χ0v) is 11.9. The van der Waals surface area contributed by atoms with E-state index in [4.69, 9.17) is 9.47 Å². The number of ether oxygens (including phenoxy) is 2. The number of hydrogen-bond donors (Lipinski definition) is 1. The molecular formula is C17H20NO2+. The molecule has 0 aliphatic carbocycles. The van der Waals surface area contributed by atoms with Gasteiger partial charge >= 0.3 is 0 Å². The minimum Gasteiger partial charge on any atom is -0.493 e. The average molecular weight is 270 g/mol. The van der Waals surface area contributed by atoms with Crippen LogP contribution in [0.5, 0.6) is 11.5 Å². The van der Waals surface area contributed by atoms with E-state index in [1.54, 1.807) is 14.2 Å². The van der Waals surface area contributed by atoms with Crippen molar-refractivity contribution in [1.29, 1.82) is 0 Å². The molecule has 2 aromatic rings. The Morgan fingerprint density at radius 2 is 1.70 bits per heavy atom. The molecule has 0 fully saturated rings. The fraction of sp³-hybridized carbons (Fsp3) is 0.294. The third kappa shape index (κ3) is 2.25. The molecule has 0 bridgehead atoms. The Balaban J connectivity index is 2.08. The van der Waals surface area contributed by atoms with Crippen LogP contribution in [0.2, 0.25) is 0 Å². The van der Waals surface area contributed by atoms with E-state index in [-0.39, 0.29) is 0 Å². The van der Waals surface area contributed by atoms with Crippen molar-refractivity contribution in [2.75, 3.05) is 20.8 Å². The summed E-state index contributed by atoms with van der Waals surface area (Å²) < 4.78 is 10.9. The van der Waals surface area contributed by atoms with E-state index >= 15 is 0 Å². The van der Waals surface area contributed by atoms with Gasteiger partial charge < -0.3 is 14.8 Å². The molecule has 2 N–H and O–H groups in total. The first kappa shape index (κ1) is 13.0. The Morgan fingerprint density at radius 3 is 2.40 bits per heavy atom. The van der Waals surface area contributed by atoms with Gasteiger partial charge in [-0.15, -0.1) is 0 Å². The highest BCUT2D eigenvalue weighted by Gasteiger charge is 2.26. The first-order chi connectivity index (χ1) is 9.83. The van der Waals surface area contributed by atoms with Crippen molar-refractivity contribution in [2.45, 2.75) is 12.5 Å². The van der Waals surface area contributed by atoms with Gasteiger partial charge in [0.2, 0.25) is 0 Å². The highest BCUT2D eigenvalue weighted by atomic mass is 16.5. The van der Waals surface area contributed by atoms with Gasteiger partial charge in [-0.3, -0.25) is 0 Å². The van der Waals surface area contributed by atoms with Gasteiger partial charge in [-0.05, 0) is 17.7 Å². The van der Waals surface area contributed by atoms with E-state index in [0.29, 0.717) is 6.04 Å². The Bertz CT molecular complexity index is 595. The number of rotatable bonds is 3. The topological polar surface area (TPSA) is 35.1 Å². The van der Waals surface area contributed by atoms with Crippen molar-refractivity contribution < 1.29 is 14.8 Å². The van der Waals surface area contributed by atoms with Crippen LogP contribution in [0, 0.1) is 0 Å². The predicted octanol–water partition coefficient (Wildman–Crippen LogP) is 1.91. The van der Waals surface area contributed by atoms with Crippen LogP contribution >= 0.6 is 0 Å². The van der Waals surface area contributed by atoms with Crippen molar-refractivity contribution in [3.05, 3.63) is 59.2 Å². The molecule has 1 atom stereocenters. The van der Waals surface area contributed by atoms with Crippen LogP contribution in [-0.2, 0) is 6.42 Å². The van der Waals surface area contributed by atoms with Gasteiger partial charge in [0.15, 0.2) is 11.5 Å². The quantitative estimate of drug-likeness (QED) is 0.924. The van der Waals surface area contributed by atoms with Gasteiger partial charge in [-0.1, -0.05) is 30.3 Å². The zero-order chi connectivity index (χ0) is 13.9. The van der Waals surface area contributed by atoms with Gasteiger partial charge in [-0.25, -0.2) is 0 Å². The summed E-state index contributed by atoms with van der Waals surface area (Å²) >= 11 is 0. The molecule has 3 nitrogen and oxygen atoms in total. The summed E-state index contributed by atoms with van der Waals surface area (Å²) in [7, 11) is 3.38. The van der Waals surface area contributed by atoms with Crippen molar-refractivity contribution in [3.63, 3.8) is 0 Å². The summed E-state index contributed by atoms with van der Waals surface area (Å²) in [6, 6.07) is 15.2. The SMILES string of the molecule is COc1cc2c(cc1OC)C(c1ccccc1)[NH2+]CC2. The zero-order valence-electron chi connectivity index (χ0n) is 11.9. The van der Waals surface area contributed by atoms with Crippen LogP contribution < -0.4 is 14.8 Å². The van der Waals surface area contributed by atoms with E-state index in [2.05, 4.69) is 47.8 Å². The van der Waals surface area contributed by atoms with Gasteiger partial charge in [0.05, 0.1) is 20.8 Å². The van der Waals surface area contributed by atoms with Crippen molar-refractivity contribution in [1.82, 2.24) is 0 Å². The summed E-state index contributed by atoms with van der Waals surface area (Å²) in [5.41, 5.74) is 4.03. The van der Waals surface area contributed by atoms with Crippen LogP contribution in [-0.4, -0.2) is 20.8 Å². The molecule has 2 aromatic carbocycles. The number of fused-ring (bicyclic) bond motifs is 1. The Kier molecular flexibility index (Phi) is 3.61. The van der Waals surface area contributed by atoms with E-state index in [9.17, 15) is 0 Å². The fourth-order valence-electron chi connectivity index (χ4n) is 2.95. The number of quaternary nitrogens is 1. The maximum absolute atomic E-state index is 5.45. The second-order valence-electron chi connectivity index (χ2n) is 5.07. The lowest BCUT2D eigenvalue weighted by molar-refractivity contribution is -0.690. The molecule has 0 saturated carbocycles. The summed E-state index contributed by atoms with van der Waals surface area (Å²) in [6.07, 6.45) is 1.07. The monoisotopic (exact) mass is 270 g/mol. The normalized spacial score (nSPS) is 17.4. The Labute approximate surface area is 119 Å². The molecule has 0 saturated heterocycles. The highest BCUT2D eigenvalue weighted by Crippen LogP contribution is 2.35.